The van der Waals surface area contributed by atoms with Crippen molar-refractivity contribution >= 4 is 18.3 Å². The zero-order valence-electron chi connectivity index (χ0n) is 12.8. The summed E-state index contributed by atoms with van der Waals surface area (Å²) < 4.78 is 5.89. The highest BCUT2D eigenvalue weighted by atomic mass is 35.5. The molecule has 3 fully saturated rings. The van der Waals surface area contributed by atoms with E-state index in [9.17, 15) is 4.79 Å². The minimum atomic E-state index is 0. The van der Waals surface area contributed by atoms with Gasteiger partial charge in [-0.2, -0.15) is 0 Å². The Hall–Kier alpha value is -0.360. The van der Waals surface area contributed by atoms with Crippen molar-refractivity contribution in [3.8, 4) is 0 Å². The lowest BCUT2D eigenvalue weighted by molar-refractivity contribution is -0.133. The Kier molecular flexibility index (Phi) is 6.74. The summed E-state index contributed by atoms with van der Waals surface area (Å²) in [4.78, 5) is 16.8. The van der Waals surface area contributed by atoms with Crippen LogP contribution in [-0.4, -0.2) is 73.7 Å². The fourth-order valence-electron chi connectivity index (χ4n) is 3.77. The number of hydrogen-bond acceptors (Lipinski definition) is 4. The van der Waals surface area contributed by atoms with Gasteiger partial charge < -0.3 is 15.0 Å². The Morgan fingerprint density at radius 3 is 2.71 bits per heavy atom. The van der Waals surface area contributed by atoms with Gasteiger partial charge in [0.15, 0.2) is 0 Å². The van der Waals surface area contributed by atoms with Crippen LogP contribution >= 0.6 is 12.4 Å². The number of carbonyl (C=O) groups excluding carboxylic acids is 1. The third-order valence-electron chi connectivity index (χ3n) is 4.93. The van der Waals surface area contributed by atoms with Crippen molar-refractivity contribution in [3.63, 3.8) is 0 Å². The minimum absolute atomic E-state index is 0. The molecule has 0 bridgehead atoms. The number of carbonyl (C=O) groups is 1. The standard InChI is InChI=1S/C15H27N3O2.ClH/c19-15(18-9-6-16-7-10-18)5-8-17-11-12-20-14-4-2-1-3-13(14)17;/h13-14,16H,1-12H2;1H. The van der Waals surface area contributed by atoms with E-state index in [0.717, 1.165) is 45.9 Å². The summed E-state index contributed by atoms with van der Waals surface area (Å²) in [6.07, 6.45) is 6.15. The number of rotatable bonds is 3. The van der Waals surface area contributed by atoms with Crippen LogP contribution in [0.1, 0.15) is 32.1 Å². The van der Waals surface area contributed by atoms with Gasteiger partial charge in [-0.3, -0.25) is 9.69 Å². The van der Waals surface area contributed by atoms with E-state index in [1.165, 1.54) is 25.7 Å². The molecule has 0 radical (unpaired) electrons. The fourth-order valence-corrected chi connectivity index (χ4v) is 3.77. The van der Waals surface area contributed by atoms with Crippen molar-refractivity contribution < 1.29 is 9.53 Å². The molecule has 1 saturated carbocycles. The molecule has 0 aromatic rings. The highest BCUT2D eigenvalue weighted by Crippen LogP contribution is 2.28. The van der Waals surface area contributed by atoms with E-state index in [4.69, 9.17) is 4.74 Å². The molecule has 2 saturated heterocycles. The molecule has 1 amide bonds. The molecule has 2 unspecified atom stereocenters. The van der Waals surface area contributed by atoms with Gasteiger partial charge >= 0.3 is 0 Å². The molecule has 2 aliphatic heterocycles. The van der Waals surface area contributed by atoms with E-state index in [2.05, 4.69) is 10.2 Å². The molecule has 3 aliphatic rings. The third kappa shape index (κ3) is 4.31. The van der Waals surface area contributed by atoms with Crippen LogP contribution in [0.15, 0.2) is 0 Å². The zero-order chi connectivity index (χ0) is 13.8. The molecule has 2 atom stereocenters. The first-order valence-corrected chi connectivity index (χ1v) is 8.19. The normalized spacial score (nSPS) is 30.4. The number of hydrogen-bond donors (Lipinski definition) is 1. The van der Waals surface area contributed by atoms with Gasteiger partial charge in [0.1, 0.15) is 0 Å². The van der Waals surface area contributed by atoms with E-state index in [0.29, 0.717) is 24.5 Å². The average molecular weight is 318 g/mol. The maximum absolute atomic E-state index is 12.2. The Bertz CT molecular complexity index is 335. The number of halogens is 1. The Balaban J connectivity index is 0.00000161. The van der Waals surface area contributed by atoms with Crippen LogP contribution in [0.5, 0.6) is 0 Å². The number of amides is 1. The van der Waals surface area contributed by atoms with Crippen molar-refractivity contribution in [1.29, 1.82) is 0 Å². The maximum Gasteiger partial charge on any atom is 0.223 e. The first-order valence-electron chi connectivity index (χ1n) is 8.19. The van der Waals surface area contributed by atoms with Gasteiger partial charge in [-0.25, -0.2) is 0 Å². The number of morpholine rings is 1. The van der Waals surface area contributed by atoms with Crippen LogP contribution < -0.4 is 5.32 Å². The predicted octanol–water partition coefficient (Wildman–Crippen LogP) is 0.874. The third-order valence-corrected chi connectivity index (χ3v) is 4.93. The van der Waals surface area contributed by atoms with Gasteiger partial charge in [-0.1, -0.05) is 12.8 Å². The number of fused-ring (bicyclic) bond motifs is 1. The summed E-state index contributed by atoms with van der Waals surface area (Å²) in [5.41, 5.74) is 0. The van der Waals surface area contributed by atoms with Gasteiger partial charge in [0, 0.05) is 51.7 Å². The second-order valence-electron chi connectivity index (χ2n) is 6.18. The molecule has 6 heteroatoms. The lowest BCUT2D eigenvalue weighted by Gasteiger charge is -2.44. The molecule has 122 valence electrons. The lowest BCUT2D eigenvalue weighted by Crippen LogP contribution is -2.53. The van der Waals surface area contributed by atoms with Gasteiger partial charge in [0.05, 0.1) is 12.7 Å². The molecular weight excluding hydrogens is 290 g/mol. The molecule has 0 aromatic carbocycles. The van der Waals surface area contributed by atoms with Gasteiger partial charge in [0.2, 0.25) is 5.91 Å². The van der Waals surface area contributed by atoms with E-state index < -0.39 is 0 Å². The smallest absolute Gasteiger partial charge is 0.223 e. The van der Waals surface area contributed by atoms with E-state index in [1.807, 2.05) is 4.90 Å². The molecular formula is C15H28ClN3O2. The maximum atomic E-state index is 12.2. The van der Waals surface area contributed by atoms with Gasteiger partial charge in [-0.15, -0.1) is 12.4 Å². The highest BCUT2D eigenvalue weighted by molar-refractivity contribution is 5.85. The topological polar surface area (TPSA) is 44.8 Å². The van der Waals surface area contributed by atoms with Crippen molar-refractivity contribution in [2.75, 3.05) is 45.9 Å². The zero-order valence-corrected chi connectivity index (χ0v) is 13.6. The highest BCUT2D eigenvalue weighted by Gasteiger charge is 2.34. The summed E-state index contributed by atoms with van der Waals surface area (Å²) in [5, 5.41) is 3.29. The Morgan fingerprint density at radius 2 is 1.90 bits per heavy atom. The molecule has 0 aromatic heterocycles. The first kappa shape index (κ1) is 17.0. The average Bonchev–Trinajstić information content (AvgIpc) is 2.53. The number of nitrogens with zero attached hydrogens (tertiary/aromatic N) is 2. The predicted molar refractivity (Wildman–Crippen MR) is 84.9 cm³/mol. The van der Waals surface area contributed by atoms with E-state index >= 15 is 0 Å². The molecule has 0 spiro atoms. The summed E-state index contributed by atoms with van der Waals surface area (Å²) in [7, 11) is 0. The SMILES string of the molecule is Cl.O=C(CCN1CCOC2CCCCC21)N1CCNCC1. The van der Waals surface area contributed by atoms with Crippen LogP contribution in [0.25, 0.3) is 0 Å². The van der Waals surface area contributed by atoms with E-state index in [1.54, 1.807) is 0 Å². The summed E-state index contributed by atoms with van der Waals surface area (Å²) in [6.45, 7) is 6.36. The number of ether oxygens (including phenoxy) is 1. The Labute approximate surface area is 133 Å². The van der Waals surface area contributed by atoms with Crippen molar-refractivity contribution in [2.24, 2.45) is 0 Å². The quantitative estimate of drug-likeness (QED) is 0.839. The van der Waals surface area contributed by atoms with Crippen molar-refractivity contribution in [1.82, 2.24) is 15.1 Å². The van der Waals surface area contributed by atoms with Crippen LogP contribution in [0.3, 0.4) is 0 Å². The largest absolute Gasteiger partial charge is 0.375 e. The van der Waals surface area contributed by atoms with Gasteiger partial charge in [0.25, 0.3) is 0 Å². The summed E-state index contributed by atoms with van der Waals surface area (Å²) in [5.74, 6) is 0.324. The minimum Gasteiger partial charge on any atom is -0.375 e. The monoisotopic (exact) mass is 317 g/mol. The van der Waals surface area contributed by atoms with Crippen molar-refractivity contribution in [3.05, 3.63) is 0 Å². The van der Waals surface area contributed by atoms with Gasteiger partial charge in [-0.05, 0) is 12.8 Å². The molecule has 21 heavy (non-hydrogen) atoms. The molecule has 1 aliphatic carbocycles. The number of nitrogens with one attached hydrogen (secondary N) is 1. The van der Waals surface area contributed by atoms with Crippen LogP contribution in [0.2, 0.25) is 0 Å². The Morgan fingerprint density at radius 1 is 1.14 bits per heavy atom. The van der Waals surface area contributed by atoms with E-state index in [-0.39, 0.29) is 12.4 Å². The molecule has 3 rings (SSSR count). The van der Waals surface area contributed by atoms with Crippen LogP contribution in [-0.2, 0) is 9.53 Å². The summed E-state index contributed by atoms with van der Waals surface area (Å²) >= 11 is 0. The fraction of sp³-hybridized carbons (Fsp3) is 0.933. The van der Waals surface area contributed by atoms with Crippen LogP contribution in [0.4, 0.5) is 0 Å². The first-order chi connectivity index (χ1) is 9.84. The molecule has 1 N–H and O–H groups in total. The lowest BCUT2D eigenvalue weighted by atomic mass is 9.90. The molecule has 5 nitrogen and oxygen atoms in total. The van der Waals surface area contributed by atoms with Crippen LogP contribution in [0, 0.1) is 0 Å². The number of piperazine rings is 1. The second kappa shape index (κ2) is 8.32. The summed E-state index contributed by atoms with van der Waals surface area (Å²) in [6, 6.07) is 0.563. The second-order valence-corrected chi connectivity index (χ2v) is 6.18. The molecule has 2 heterocycles. The van der Waals surface area contributed by atoms with Crippen molar-refractivity contribution in [2.45, 2.75) is 44.2 Å².